The van der Waals surface area contributed by atoms with Crippen LogP contribution in [0.1, 0.15) is 30.6 Å². The molecule has 0 bridgehead atoms. The van der Waals surface area contributed by atoms with Gasteiger partial charge < -0.3 is 10.1 Å². The van der Waals surface area contributed by atoms with E-state index in [9.17, 15) is 22.0 Å². The monoisotopic (exact) mass is 439 g/mol. The van der Waals surface area contributed by atoms with E-state index in [1.807, 2.05) is 4.72 Å². The maximum absolute atomic E-state index is 14.7. The van der Waals surface area contributed by atoms with Gasteiger partial charge in [0.25, 0.3) is 5.91 Å². The molecule has 3 N–H and O–H groups in total. The molecule has 0 aliphatic carbocycles. The Labute approximate surface area is 170 Å². The third-order valence-electron chi connectivity index (χ3n) is 3.98. The van der Waals surface area contributed by atoms with E-state index in [1.54, 1.807) is 13.8 Å². The molecule has 2 heterocycles. The molecular formula is C18H19F2N5O4S. The molecule has 0 unspecified atom stereocenters. The smallest absolute Gasteiger partial charge is 0.261 e. The van der Waals surface area contributed by atoms with Crippen LogP contribution in [-0.2, 0) is 10.0 Å². The summed E-state index contributed by atoms with van der Waals surface area (Å²) in [5.74, 6) is -3.55. The first-order chi connectivity index (χ1) is 14.3. The lowest BCUT2D eigenvalue weighted by Crippen LogP contribution is -2.20. The zero-order chi connectivity index (χ0) is 21.9. The highest BCUT2D eigenvalue weighted by atomic mass is 32.2. The Kier molecular flexibility index (Phi) is 6.15. The molecule has 9 nitrogen and oxygen atoms in total. The molecule has 3 aromatic rings. The van der Waals surface area contributed by atoms with Gasteiger partial charge in [0.15, 0.2) is 11.5 Å². The maximum atomic E-state index is 14.7. The van der Waals surface area contributed by atoms with Crippen molar-refractivity contribution < 1.29 is 26.7 Å². The van der Waals surface area contributed by atoms with Gasteiger partial charge in [0.1, 0.15) is 11.4 Å². The number of aromatic nitrogens is 3. The van der Waals surface area contributed by atoms with Crippen LogP contribution in [0, 0.1) is 11.6 Å². The van der Waals surface area contributed by atoms with Crippen molar-refractivity contribution >= 4 is 38.3 Å². The van der Waals surface area contributed by atoms with E-state index in [0.29, 0.717) is 24.1 Å². The highest BCUT2D eigenvalue weighted by Gasteiger charge is 2.23. The van der Waals surface area contributed by atoms with Crippen molar-refractivity contribution in [1.29, 1.82) is 0 Å². The van der Waals surface area contributed by atoms with E-state index >= 15 is 0 Å². The molecule has 0 aliphatic heterocycles. The van der Waals surface area contributed by atoms with E-state index in [1.165, 1.54) is 12.3 Å². The van der Waals surface area contributed by atoms with Crippen LogP contribution in [0.3, 0.4) is 0 Å². The molecule has 0 aliphatic rings. The zero-order valence-corrected chi connectivity index (χ0v) is 16.9. The Bertz CT molecular complexity index is 1200. The lowest BCUT2D eigenvalue weighted by molar-refractivity contribution is 0.101. The average molecular weight is 439 g/mol. The first-order valence-electron chi connectivity index (χ1n) is 9.02. The second kappa shape index (κ2) is 8.61. The number of anilines is 2. The third kappa shape index (κ3) is 4.48. The van der Waals surface area contributed by atoms with Crippen LogP contribution in [0.4, 0.5) is 20.2 Å². The number of halogens is 2. The van der Waals surface area contributed by atoms with Gasteiger partial charge in [-0.15, -0.1) is 5.10 Å². The summed E-state index contributed by atoms with van der Waals surface area (Å²) in [5.41, 5.74) is -0.896. The average Bonchev–Trinajstić information content (AvgIpc) is 3.07. The minimum absolute atomic E-state index is 0.144. The van der Waals surface area contributed by atoms with E-state index in [4.69, 9.17) is 4.74 Å². The van der Waals surface area contributed by atoms with Crippen LogP contribution in [0.2, 0.25) is 0 Å². The van der Waals surface area contributed by atoms with Crippen molar-refractivity contribution in [2.75, 3.05) is 22.4 Å². The van der Waals surface area contributed by atoms with Gasteiger partial charge >= 0.3 is 0 Å². The number of benzene rings is 1. The molecule has 1 aromatic carbocycles. The number of amides is 1. The summed E-state index contributed by atoms with van der Waals surface area (Å²) in [6.45, 7) is 3.77. The van der Waals surface area contributed by atoms with Gasteiger partial charge in [0.05, 0.1) is 35.3 Å². The van der Waals surface area contributed by atoms with Crippen LogP contribution in [0.15, 0.2) is 24.4 Å². The number of carbonyl (C=O) groups is 1. The maximum Gasteiger partial charge on any atom is 0.261 e. The van der Waals surface area contributed by atoms with E-state index in [0.717, 1.165) is 12.1 Å². The number of aromatic amines is 1. The number of rotatable bonds is 8. The number of sulfonamides is 1. The van der Waals surface area contributed by atoms with Crippen molar-refractivity contribution in [1.82, 2.24) is 15.2 Å². The van der Waals surface area contributed by atoms with Crippen molar-refractivity contribution in [3.8, 4) is 5.88 Å². The minimum Gasteiger partial charge on any atom is -0.476 e. The largest absolute Gasteiger partial charge is 0.476 e. The fourth-order valence-corrected chi connectivity index (χ4v) is 3.85. The van der Waals surface area contributed by atoms with Gasteiger partial charge in [-0.25, -0.2) is 22.2 Å². The summed E-state index contributed by atoms with van der Waals surface area (Å²) >= 11 is 0. The number of pyridine rings is 1. The van der Waals surface area contributed by atoms with Crippen LogP contribution in [0.25, 0.3) is 11.0 Å². The highest BCUT2D eigenvalue weighted by molar-refractivity contribution is 7.92. The number of nitrogens with one attached hydrogen (secondary N) is 3. The quantitative estimate of drug-likeness (QED) is 0.495. The molecule has 1 amide bonds. The van der Waals surface area contributed by atoms with Gasteiger partial charge in [-0.3, -0.25) is 14.6 Å². The van der Waals surface area contributed by atoms with Gasteiger partial charge in [-0.05, 0) is 31.5 Å². The zero-order valence-electron chi connectivity index (χ0n) is 16.1. The van der Waals surface area contributed by atoms with Crippen LogP contribution >= 0.6 is 0 Å². The van der Waals surface area contributed by atoms with Gasteiger partial charge in [0, 0.05) is 0 Å². The molecule has 2 aromatic heterocycles. The predicted octanol–water partition coefficient (Wildman–Crippen LogP) is 3.04. The topological polar surface area (TPSA) is 126 Å². The second-order valence-corrected chi connectivity index (χ2v) is 8.08. The lowest BCUT2D eigenvalue weighted by Gasteiger charge is -2.12. The molecule has 0 saturated heterocycles. The van der Waals surface area contributed by atoms with Crippen LogP contribution in [0.5, 0.6) is 5.88 Å². The molecule has 0 radical (unpaired) electrons. The van der Waals surface area contributed by atoms with E-state index < -0.39 is 38.8 Å². The molecule has 12 heteroatoms. The standard InChI is InChI=1S/C18H19F2N5O4S/c1-3-7-30(27,28)25-13-6-5-12(19)14(15(13)20)17(26)22-10-8-11-16(21-9-10)23-24-18(11)29-4-2/h5-6,8-9,25H,3-4,7H2,1-2H3,(H,22,26)(H,21,23,24). The first kappa shape index (κ1) is 21.4. The molecular weight excluding hydrogens is 420 g/mol. The van der Waals surface area contributed by atoms with Gasteiger partial charge in [-0.1, -0.05) is 6.92 Å². The number of carbonyl (C=O) groups excluding carboxylic acids is 1. The Hall–Kier alpha value is -3.28. The number of nitrogens with zero attached hydrogens (tertiary/aromatic N) is 2. The van der Waals surface area contributed by atoms with Crippen molar-refractivity contribution in [3.05, 3.63) is 41.6 Å². The Morgan fingerprint density at radius 1 is 1.27 bits per heavy atom. The number of hydrogen-bond acceptors (Lipinski definition) is 6. The Balaban J connectivity index is 1.90. The molecule has 160 valence electrons. The molecule has 3 rings (SSSR count). The molecule has 0 saturated carbocycles. The fourth-order valence-electron chi connectivity index (χ4n) is 2.72. The van der Waals surface area contributed by atoms with Crippen LogP contribution in [-0.4, -0.2) is 41.9 Å². The van der Waals surface area contributed by atoms with E-state index in [2.05, 4.69) is 20.5 Å². The van der Waals surface area contributed by atoms with Gasteiger partial charge in [-0.2, -0.15) is 0 Å². The van der Waals surface area contributed by atoms with Crippen molar-refractivity contribution in [3.63, 3.8) is 0 Å². The number of ether oxygens (including phenoxy) is 1. The number of H-pyrrole nitrogens is 1. The van der Waals surface area contributed by atoms with Crippen LogP contribution < -0.4 is 14.8 Å². The van der Waals surface area contributed by atoms with Crippen molar-refractivity contribution in [2.24, 2.45) is 0 Å². The van der Waals surface area contributed by atoms with Crippen molar-refractivity contribution in [2.45, 2.75) is 20.3 Å². The number of fused-ring (bicyclic) bond motifs is 1. The third-order valence-corrected chi connectivity index (χ3v) is 5.45. The lowest BCUT2D eigenvalue weighted by atomic mass is 10.1. The Morgan fingerprint density at radius 3 is 2.73 bits per heavy atom. The molecule has 0 atom stereocenters. The second-order valence-electron chi connectivity index (χ2n) is 6.24. The van der Waals surface area contributed by atoms with E-state index in [-0.39, 0.29) is 17.3 Å². The summed E-state index contributed by atoms with van der Waals surface area (Å²) in [6.07, 6.45) is 1.58. The Morgan fingerprint density at radius 2 is 2.03 bits per heavy atom. The fraction of sp³-hybridized carbons (Fsp3) is 0.278. The SMILES string of the molecule is CCCS(=O)(=O)Nc1ccc(F)c(C(=O)Nc2cnc3[nH]nc(OCC)c3c2)c1F. The number of hydrogen-bond donors (Lipinski definition) is 3. The highest BCUT2D eigenvalue weighted by Crippen LogP contribution is 2.26. The predicted molar refractivity (Wildman–Crippen MR) is 107 cm³/mol. The minimum atomic E-state index is -3.83. The summed E-state index contributed by atoms with van der Waals surface area (Å²) in [7, 11) is -3.83. The summed E-state index contributed by atoms with van der Waals surface area (Å²) in [4.78, 5) is 16.6. The van der Waals surface area contributed by atoms with Gasteiger partial charge in [0.2, 0.25) is 15.9 Å². The molecule has 0 fully saturated rings. The normalized spacial score (nSPS) is 11.5. The summed E-state index contributed by atoms with van der Waals surface area (Å²) in [6, 6.07) is 3.22. The first-order valence-corrected chi connectivity index (χ1v) is 10.7. The summed E-state index contributed by atoms with van der Waals surface area (Å²) < 4.78 is 60.1. The molecule has 0 spiro atoms. The molecule has 30 heavy (non-hydrogen) atoms. The summed E-state index contributed by atoms with van der Waals surface area (Å²) in [5, 5.41) is 9.42.